The van der Waals surface area contributed by atoms with Crippen LogP contribution in [0, 0.1) is 0 Å². The Morgan fingerprint density at radius 2 is 1.94 bits per heavy atom. The number of esters is 1. The molecule has 0 spiro atoms. The number of tetrazole rings is 1. The van der Waals surface area contributed by atoms with Crippen molar-refractivity contribution in [1.82, 2.24) is 20.2 Å². The lowest BCUT2D eigenvalue weighted by molar-refractivity contribution is -0.117. The molecule has 0 unspecified atom stereocenters. The molecular formula is C21H22N6O4S. The third-order valence-electron chi connectivity index (χ3n) is 3.97. The van der Waals surface area contributed by atoms with Crippen LogP contribution < -0.4 is 11.1 Å². The van der Waals surface area contributed by atoms with E-state index in [0.717, 1.165) is 9.69 Å². The third kappa shape index (κ3) is 6.38. The van der Waals surface area contributed by atoms with Gasteiger partial charge in [0, 0.05) is 10.5 Å². The van der Waals surface area contributed by atoms with Crippen LogP contribution in [0.2, 0.25) is 0 Å². The van der Waals surface area contributed by atoms with Gasteiger partial charge in [0.1, 0.15) is 6.54 Å². The zero-order valence-corrected chi connectivity index (χ0v) is 18.3. The van der Waals surface area contributed by atoms with Gasteiger partial charge in [0.05, 0.1) is 23.1 Å². The van der Waals surface area contributed by atoms with E-state index in [1.54, 1.807) is 62.4 Å². The van der Waals surface area contributed by atoms with Gasteiger partial charge in [-0.2, -0.15) is 4.80 Å². The molecule has 3 N–H and O–H groups in total. The molecule has 0 saturated heterocycles. The highest BCUT2D eigenvalue weighted by Gasteiger charge is 2.14. The first-order valence-corrected chi connectivity index (χ1v) is 10.7. The number of aromatic nitrogens is 4. The number of carbonyl (C=O) groups is 3. The summed E-state index contributed by atoms with van der Waals surface area (Å²) in [6, 6.07) is 13.8. The number of hydrogen-bond donors (Lipinski definition) is 2. The number of para-hydroxylation sites is 1. The van der Waals surface area contributed by atoms with Gasteiger partial charge in [-0.1, -0.05) is 24.3 Å². The minimum absolute atomic E-state index is 0.102. The molecule has 0 fully saturated rings. The zero-order chi connectivity index (χ0) is 23.1. The topological polar surface area (TPSA) is 142 Å². The van der Waals surface area contributed by atoms with Crippen LogP contribution in [-0.2, 0) is 20.9 Å². The van der Waals surface area contributed by atoms with Crippen molar-refractivity contribution in [3.8, 4) is 11.4 Å². The van der Waals surface area contributed by atoms with Crippen LogP contribution in [-0.4, -0.2) is 49.8 Å². The molecule has 10 nitrogen and oxygen atoms in total. The number of rotatable bonds is 9. The van der Waals surface area contributed by atoms with Crippen LogP contribution >= 0.6 is 11.8 Å². The zero-order valence-electron chi connectivity index (χ0n) is 17.5. The molecule has 0 bridgehead atoms. The van der Waals surface area contributed by atoms with Crippen LogP contribution in [0.4, 0.5) is 5.69 Å². The number of primary amides is 1. The summed E-state index contributed by atoms with van der Waals surface area (Å²) in [5.74, 6) is -0.881. The molecule has 0 aliphatic heterocycles. The Morgan fingerprint density at radius 3 is 2.69 bits per heavy atom. The van der Waals surface area contributed by atoms with E-state index >= 15 is 0 Å². The lowest BCUT2D eigenvalue weighted by Crippen LogP contribution is -2.21. The van der Waals surface area contributed by atoms with Gasteiger partial charge in [-0.25, -0.2) is 4.79 Å². The summed E-state index contributed by atoms with van der Waals surface area (Å²) < 4.78 is 5.20. The van der Waals surface area contributed by atoms with Crippen LogP contribution in [0.1, 0.15) is 24.2 Å². The van der Waals surface area contributed by atoms with Gasteiger partial charge in [-0.3, -0.25) is 9.59 Å². The second kappa shape index (κ2) is 10.5. The van der Waals surface area contributed by atoms with Crippen molar-refractivity contribution in [3.63, 3.8) is 0 Å². The lowest BCUT2D eigenvalue weighted by atomic mass is 10.1. The van der Waals surface area contributed by atoms with Gasteiger partial charge in [-0.15, -0.1) is 22.0 Å². The number of nitrogens with two attached hydrogens (primary N) is 1. The smallest absolute Gasteiger partial charge is 0.338 e. The number of ether oxygens (including phenoxy) is 1. The van der Waals surface area contributed by atoms with Gasteiger partial charge < -0.3 is 15.8 Å². The molecule has 11 heteroatoms. The van der Waals surface area contributed by atoms with Gasteiger partial charge in [0.15, 0.2) is 0 Å². The van der Waals surface area contributed by atoms with Crippen molar-refractivity contribution >= 4 is 35.2 Å². The van der Waals surface area contributed by atoms with E-state index in [1.165, 1.54) is 11.8 Å². The predicted octanol–water partition coefficient (Wildman–Crippen LogP) is 2.12. The maximum atomic E-state index is 12.5. The molecule has 0 saturated carbocycles. The van der Waals surface area contributed by atoms with Crippen molar-refractivity contribution in [2.75, 3.05) is 11.1 Å². The third-order valence-corrected chi connectivity index (χ3v) is 5.06. The van der Waals surface area contributed by atoms with E-state index in [1.807, 2.05) is 0 Å². The quantitative estimate of drug-likeness (QED) is 0.370. The molecule has 0 aliphatic rings. The number of amides is 2. The van der Waals surface area contributed by atoms with E-state index < -0.39 is 11.9 Å². The number of nitrogens with one attached hydrogen (secondary N) is 1. The normalized spacial score (nSPS) is 10.7. The number of nitrogens with zero attached hydrogens (tertiary/aromatic N) is 4. The largest absolute Gasteiger partial charge is 0.459 e. The van der Waals surface area contributed by atoms with Crippen molar-refractivity contribution in [1.29, 1.82) is 0 Å². The fourth-order valence-electron chi connectivity index (χ4n) is 2.66. The average molecular weight is 455 g/mol. The molecule has 0 aliphatic carbocycles. The van der Waals surface area contributed by atoms with E-state index in [4.69, 9.17) is 10.5 Å². The highest BCUT2D eigenvalue weighted by atomic mass is 32.2. The van der Waals surface area contributed by atoms with Gasteiger partial charge in [0.2, 0.25) is 17.6 Å². The van der Waals surface area contributed by atoms with E-state index in [9.17, 15) is 14.4 Å². The molecule has 2 amide bonds. The molecule has 0 atom stereocenters. The molecule has 32 heavy (non-hydrogen) atoms. The summed E-state index contributed by atoms with van der Waals surface area (Å²) in [5, 5.41) is 14.9. The van der Waals surface area contributed by atoms with Crippen LogP contribution in [0.5, 0.6) is 0 Å². The number of hydrogen-bond acceptors (Lipinski definition) is 8. The summed E-state index contributed by atoms with van der Waals surface area (Å²) in [6.45, 7) is 3.38. The Morgan fingerprint density at radius 1 is 1.16 bits per heavy atom. The first-order chi connectivity index (χ1) is 15.3. The maximum absolute atomic E-state index is 12.5. The minimum Gasteiger partial charge on any atom is -0.459 e. The monoisotopic (exact) mass is 454 g/mol. The second-order valence-electron chi connectivity index (χ2n) is 6.98. The predicted molar refractivity (Wildman–Crippen MR) is 119 cm³/mol. The highest BCUT2D eigenvalue weighted by molar-refractivity contribution is 8.00. The van der Waals surface area contributed by atoms with Gasteiger partial charge in [-0.05, 0) is 43.3 Å². The molecule has 3 aromatic rings. The summed E-state index contributed by atoms with van der Waals surface area (Å²) in [7, 11) is 0. The van der Waals surface area contributed by atoms with Crippen molar-refractivity contribution < 1.29 is 19.1 Å². The molecular weight excluding hydrogens is 432 g/mol. The first-order valence-electron chi connectivity index (χ1n) is 9.71. The molecule has 166 valence electrons. The van der Waals surface area contributed by atoms with Gasteiger partial charge >= 0.3 is 5.97 Å². The second-order valence-corrected chi connectivity index (χ2v) is 7.99. The SMILES string of the molecule is CC(C)OC(=O)c1cccc(-c2nnn(CC(=O)Nc3ccccc3SCC(N)=O)n2)c1. The Hall–Kier alpha value is -3.73. The molecule has 3 rings (SSSR count). The summed E-state index contributed by atoms with van der Waals surface area (Å²) >= 11 is 1.23. The summed E-state index contributed by atoms with van der Waals surface area (Å²) in [4.78, 5) is 37.5. The Labute approximate surface area is 188 Å². The number of carbonyl (C=O) groups excluding carboxylic acids is 3. The highest BCUT2D eigenvalue weighted by Crippen LogP contribution is 2.26. The van der Waals surface area contributed by atoms with Crippen molar-refractivity contribution in [2.24, 2.45) is 5.73 Å². The standard InChI is InChI=1S/C21H22N6O4S/c1-13(2)31-21(30)15-7-5-6-14(10-15)20-24-26-27(25-20)11-19(29)23-16-8-3-4-9-17(16)32-12-18(22)28/h3-10,13H,11-12H2,1-2H3,(H2,22,28)(H,23,29). The molecule has 2 aromatic carbocycles. The average Bonchev–Trinajstić information content (AvgIpc) is 3.21. The number of thioether (sulfide) groups is 1. The molecule has 0 radical (unpaired) electrons. The molecule has 1 heterocycles. The fourth-order valence-corrected chi connectivity index (χ4v) is 3.40. The van der Waals surface area contributed by atoms with E-state index in [0.29, 0.717) is 16.8 Å². The van der Waals surface area contributed by atoms with Crippen LogP contribution in [0.15, 0.2) is 53.4 Å². The fraction of sp³-hybridized carbons (Fsp3) is 0.238. The maximum Gasteiger partial charge on any atom is 0.338 e. The van der Waals surface area contributed by atoms with E-state index in [2.05, 4.69) is 20.7 Å². The summed E-state index contributed by atoms with van der Waals surface area (Å²) in [5.41, 5.74) is 6.69. The lowest BCUT2D eigenvalue weighted by Gasteiger charge is -2.09. The van der Waals surface area contributed by atoms with Crippen molar-refractivity contribution in [3.05, 3.63) is 54.1 Å². The number of benzene rings is 2. The number of anilines is 1. The Balaban J connectivity index is 1.67. The Bertz CT molecular complexity index is 1130. The van der Waals surface area contributed by atoms with E-state index in [-0.39, 0.29) is 30.1 Å². The van der Waals surface area contributed by atoms with Crippen LogP contribution in [0.25, 0.3) is 11.4 Å². The summed E-state index contributed by atoms with van der Waals surface area (Å²) in [6.07, 6.45) is -0.233. The Kier molecular flexibility index (Phi) is 7.55. The molecule has 1 aromatic heterocycles. The van der Waals surface area contributed by atoms with Crippen LogP contribution in [0.3, 0.4) is 0 Å². The van der Waals surface area contributed by atoms with Crippen molar-refractivity contribution in [2.45, 2.75) is 31.4 Å². The minimum atomic E-state index is -0.447. The first kappa shape index (κ1) is 22.9. The van der Waals surface area contributed by atoms with Gasteiger partial charge in [0.25, 0.3) is 0 Å².